The summed E-state index contributed by atoms with van der Waals surface area (Å²) >= 11 is 0. The van der Waals surface area contributed by atoms with Gasteiger partial charge in [0, 0.05) is 6.08 Å². The highest BCUT2D eigenvalue weighted by Crippen LogP contribution is 2.23. The largest absolute Gasteiger partial charge is 0.466 e. The summed E-state index contributed by atoms with van der Waals surface area (Å²) in [6.45, 7) is 0. The Kier molecular flexibility index (Phi) is 5.83. The summed E-state index contributed by atoms with van der Waals surface area (Å²) in [6.07, 6.45) is 15.4. The van der Waals surface area contributed by atoms with Crippen molar-refractivity contribution >= 4 is 5.97 Å². The van der Waals surface area contributed by atoms with Crippen molar-refractivity contribution in [3.8, 4) is 0 Å². The first-order valence-corrected chi connectivity index (χ1v) is 5.76. The van der Waals surface area contributed by atoms with Gasteiger partial charge in [0.25, 0.3) is 0 Å². The van der Waals surface area contributed by atoms with Gasteiger partial charge in [-0.25, -0.2) is 4.79 Å². The maximum Gasteiger partial charge on any atom is 0.330 e. The molecule has 15 heavy (non-hydrogen) atoms. The van der Waals surface area contributed by atoms with Gasteiger partial charge < -0.3 is 4.74 Å². The molecule has 0 unspecified atom stereocenters. The minimum Gasteiger partial charge on any atom is -0.466 e. The van der Waals surface area contributed by atoms with Crippen LogP contribution in [0.5, 0.6) is 0 Å². The van der Waals surface area contributed by atoms with Crippen molar-refractivity contribution in [1.82, 2.24) is 0 Å². The molecule has 0 amide bonds. The molecule has 0 aromatic rings. The normalized spacial score (nSPS) is 19.5. The first-order valence-electron chi connectivity index (χ1n) is 5.76. The van der Waals surface area contributed by atoms with Crippen LogP contribution < -0.4 is 0 Å². The summed E-state index contributed by atoms with van der Waals surface area (Å²) < 4.78 is 4.50. The van der Waals surface area contributed by atoms with Crippen LogP contribution in [-0.2, 0) is 9.53 Å². The van der Waals surface area contributed by atoms with E-state index in [9.17, 15) is 4.79 Å². The maximum absolute atomic E-state index is 10.8. The third-order valence-corrected chi connectivity index (χ3v) is 2.83. The van der Waals surface area contributed by atoms with Crippen molar-refractivity contribution in [3.63, 3.8) is 0 Å². The van der Waals surface area contributed by atoms with Gasteiger partial charge in [-0.15, -0.1) is 0 Å². The van der Waals surface area contributed by atoms with Crippen LogP contribution in [0.2, 0.25) is 0 Å². The molecule has 0 spiro atoms. The zero-order valence-corrected chi connectivity index (χ0v) is 9.45. The van der Waals surface area contributed by atoms with Gasteiger partial charge in [0.05, 0.1) is 7.11 Å². The number of carbonyl (C=O) groups excluding carboxylic acids is 1. The average Bonchev–Trinajstić information content (AvgIpc) is 2.52. The Bertz CT molecular complexity index is 233. The molecule has 0 aliphatic heterocycles. The molecule has 2 heteroatoms. The van der Waals surface area contributed by atoms with E-state index in [1.54, 1.807) is 6.08 Å². The zero-order chi connectivity index (χ0) is 10.9. The van der Waals surface area contributed by atoms with Gasteiger partial charge in [-0.05, 0) is 18.8 Å². The highest BCUT2D eigenvalue weighted by atomic mass is 16.5. The van der Waals surface area contributed by atoms with E-state index in [2.05, 4.69) is 10.8 Å². The second-order valence-electron chi connectivity index (χ2n) is 4.02. The molecule has 0 heterocycles. The molecule has 0 aromatic carbocycles. The molecule has 2 nitrogen and oxygen atoms in total. The summed E-state index contributed by atoms with van der Waals surface area (Å²) in [5, 5.41) is 0. The first kappa shape index (κ1) is 12.0. The van der Waals surface area contributed by atoms with Gasteiger partial charge in [0.1, 0.15) is 0 Å². The fourth-order valence-corrected chi connectivity index (χ4v) is 1.93. The first-order chi connectivity index (χ1) is 7.33. The lowest BCUT2D eigenvalue weighted by Crippen LogP contribution is -1.94. The maximum atomic E-state index is 10.8. The van der Waals surface area contributed by atoms with E-state index in [0.29, 0.717) is 5.92 Å². The number of methoxy groups -OCH3 is 1. The smallest absolute Gasteiger partial charge is 0.330 e. The number of ether oxygens (including phenoxy) is 1. The summed E-state index contributed by atoms with van der Waals surface area (Å²) in [5.41, 5.74) is 0. The van der Waals surface area contributed by atoms with Crippen LogP contribution >= 0.6 is 0 Å². The lowest BCUT2D eigenvalue weighted by atomic mass is 10.00. The Labute approximate surface area is 92.0 Å². The number of esters is 1. The molecule has 0 saturated heterocycles. The number of hydrogen-bond donors (Lipinski definition) is 0. The Morgan fingerprint density at radius 3 is 2.40 bits per heavy atom. The molecule has 1 aliphatic rings. The van der Waals surface area contributed by atoms with Gasteiger partial charge in [-0.3, -0.25) is 0 Å². The van der Waals surface area contributed by atoms with E-state index in [1.165, 1.54) is 51.7 Å². The molecule has 84 valence electrons. The van der Waals surface area contributed by atoms with E-state index in [-0.39, 0.29) is 5.97 Å². The fraction of sp³-hybridized carbons (Fsp3) is 0.615. The lowest BCUT2D eigenvalue weighted by Gasteiger charge is -2.06. The molecule has 1 rings (SSSR count). The van der Waals surface area contributed by atoms with Crippen LogP contribution in [0.4, 0.5) is 0 Å². The summed E-state index contributed by atoms with van der Waals surface area (Å²) in [4.78, 5) is 10.8. The van der Waals surface area contributed by atoms with Crippen molar-refractivity contribution in [1.29, 1.82) is 0 Å². The molecule has 0 bridgehead atoms. The zero-order valence-electron chi connectivity index (χ0n) is 9.45. The highest BCUT2D eigenvalue weighted by Gasteiger charge is 2.07. The third-order valence-electron chi connectivity index (χ3n) is 2.83. The number of hydrogen-bond acceptors (Lipinski definition) is 2. The molecule has 1 aliphatic carbocycles. The second kappa shape index (κ2) is 7.27. The van der Waals surface area contributed by atoms with Gasteiger partial charge >= 0.3 is 5.97 Å². The van der Waals surface area contributed by atoms with Gasteiger partial charge in [0.15, 0.2) is 0 Å². The van der Waals surface area contributed by atoms with E-state index in [4.69, 9.17) is 0 Å². The Balaban J connectivity index is 2.29. The van der Waals surface area contributed by atoms with E-state index in [0.717, 1.165) is 0 Å². The van der Waals surface area contributed by atoms with Crippen LogP contribution in [0.15, 0.2) is 24.3 Å². The Hall–Kier alpha value is -1.05. The third kappa shape index (κ3) is 5.40. The van der Waals surface area contributed by atoms with E-state index < -0.39 is 0 Å². The topological polar surface area (TPSA) is 26.3 Å². The van der Waals surface area contributed by atoms with Crippen molar-refractivity contribution in [2.75, 3.05) is 7.11 Å². The second-order valence-corrected chi connectivity index (χ2v) is 4.02. The minimum atomic E-state index is -0.291. The van der Waals surface area contributed by atoms with Gasteiger partial charge in [-0.2, -0.15) is 0 Å². The fourth-order valence-electron chi connectivity index (χ4n) is 1.93. The lowest BCUT2D eigenvalue weighted by molar-refractivity contribution is -0.134. The number of allylic oxidation sites excluding steroid dienone is 3. The van der Waals surface area contributed by atoms with Crippen molar-refractivity contribution < 1.29 is 9.53 Å². The average molecular weight is 208 g/mol. The van der Waals surface area contributed by atoms with Crippen molar-refractivity contribution in [2.24, 2.45) is 5.92 Å². The molecule has 1 fully saturated rings. The highest BCUT2D eigenvalue weighted by molar-refractivity contribution is 5.82. The summed E-state index contributed by atoms with van der Waals surface area (Å²) in [6, 6.07) is 0. The Morgan fingerprint density at radius 1 is 1.13 bits per heavy atom. The predicted molar refractivity (Wildman–Crippen MR) is 61.5 cm³/mol. The molecule has 0 N–H and O–H groups in total. The predicted octanol–water partition coefficient (Wildman–Crippen LogP) is 3.24. The standard InChI is InChI=1S/C13H20O2/c1-15-13(14)11-7-6-10-12-8-4-2-3-5-9-12/h6-7,10-12H,2-5,8-9H2,1H3/b10-6+,11-7-. The minimum absolute atomic E-state index is 0.291. The molecule has 0 aromatic heterocycles. The van der Waals surface area contributed by atoms with Crippen molar-refractivity contribution in [3.05, 3.63) is 24.3 Å². The summed E-state index contributed by atoms with van der Waals surface area (Å²) in [5.74, 6) is 0.412. The SMILES string of the molecule is COC(=O)/C=C\C=C\C1CCCCCC1. The molecule has 0 radical (unpaired) electrons. The molecule has 0 atom stereocenters. The van der Waals surface area contributed by atoms with Crippen LogP contribution in [0.1, 0.15) is 38.5 Å². The quantitative estimate of drug-likeness (QED) is 0.308. The van der Waals surface area contributed by atoms with Crippen LogP contribution in [-0.4, -0.2) is 13.1 Å². The van der Waals surface area contributed by atoms with Crippen LogP contribution in [0.3, 0.4) is 0 Å². The number of rotatable bonds is 3. The Morgan fingerprint density at radius 2 is 1.80 bits per heavy atom. The molecule has 1 saturated carbocycles. The van der Waals surface area contributed by atoms with Gasteiger partial charge in [0.2, 0.25) is 0 Å². The van der Waals surface area contributed by atoms with Crippen molar-refractivity contribution in [2.45, 2.75) is 38.5 Å². The number of carbonyl (C=O) groups is 1. The van der Waals surface area contributed by atoms with Crippen LogP contribution in [0.25, 0.3) is 0 Å². The van der Waals surface area contributed by atoms with Gasteiger partial charge in [-0.1, -0.05) is 43.9 Å². The molecular weight excluding hydrogens is 188 g/mol. The van der Waals surface area contributed by atoms with E-state index in [1.807, 2.05) is 6.08 Å². The molecular formula is C13H20O2. The summed E-state index contributed by atoms with van der Waals surface area (Å²) in [7, 11) is 1.39. The van der Waals surface area contributed by atoms with E-state index >= 15 is 0 Å². The van der Waals surface area contributed by atoms with Crippen LogP contribution in [0, 0.1) is 5.92 Å². The monoisotopic (exact) mass is 208 g/mol.